The van der Waals surface area contributed by atoms with Crippen molar-refractivity contribution in [1.82, 2.24) is 0 Å². The van der Waals surface area contributed by atoms with Crippen molar-refractivity contribution in [2.45, 2.75) is 39.0 Å². The van der Waals surface area contributed by atoms with E-state index in [4.69, 9.17) is 14.3 Å². The van der Waals surface area contributed by atoms with Crippen LogP contribution in [0.3, 0.4) is 0 Å². The van der Waals surface area contributed by atoms with Crippen LogP contribution in [0, 0.1) is 6.92 Å². The molecular formula is C23H31KNO4-. The van der Waals surface area contributed by atoms with Gasteiger partial charge in [0, 0.05) is 0 Å². The van der Waals surface area contributed by atoms with E-state index in [0.29, 0.717) is 5.92 Å². The van der Waals surface area contributed by atoms with E-state index in [0.717, 1.165) is 17.0 Å². The molecule has 2 aromatic rings. The molecule has 2 aromatic carbocycles. The Kier molecular flexibility index (Phi) is 25.4. The van der Waals surface area contributed by atoms with Crippen molar-refractivity contribution >= 4 is 25.7 Å². The largest absolute Gasteiger partial charge is 1.00 e. The van der Waals surface area contributed by atoms with Gasteiger partial charge in [-0.05, 0) is 24.3 Å². The number of anilines is 1. The van der Waals surface area contributed by atoms with Gasteiger partial charge in [-0.25, -0.2) is 0 Å². The van der Waals surface area contributed by atoms with E-state index in [1.807, 2.05) is 50.0 Å². The van der Waals surface area contributed by atoms with Gasteiger partial charge in [0.15, 0.2) is 0 Å². The van der Waals surface area contributed by atoms with E-state index in [1.165, 1.54) is 24.8 Å². The number of hydrogen-bond acceptors (Lipinski definition) is 4. The van der Waals surface area contributed by atoms with Gasteiger partial charge in [-0.3, -0.25) is 0 Å². The van der Waals surface area contributed by atoms with Crippen molar-refractivity contribution in [1.29, 1.82) is 0 Å². The molecule has 0 aromatic heterocycles. The summed E-state index contributed by atoms with van der Waals surface area (Å²) in [4.78, 5) is 26.1. The van der Waals surface area contributed by atoms with E-state index in [1.54, 1.807) is 13.5 Å². The van der Waals surface area contributed by atoms with E-state index >= 15 is 0 Å². The molecule has 0 heterocycles. The third-order valence-electron chi connectivity index (χ3n) is 3.87. The van der Waals surface area contributed by atoms with Crippen molar-refractivity contribution in [3.05, 3.63) is 66.6 Å². The van der Waals surface area contributed by atoms with E-state index < -0.39 is 0 Å². The molecule has 0 aliphatic heterocycles. The molecule has 6 heteroatoms. The Morgan fingerprint density at radius 2 is 1.52 bits per heavy atom. The zero-order valence-corrected chi connectivity index (χ0v) is 21.2. The molecule has 0 saturated heterocycles. The zero-order chi connectivity index (χ0) is 21.8. The van der Waals surface area contributed by atoms with Gasteiger partial charge in [-0.15, -0.1) is 17.8 Å². The summed E-state index contributed by atoms with van der Waals surface area (Å²) in [5, 5.41) is 2.52. The molecule has 0 bridgehead atoms. The van der Waals surface area contributed by atoms with Gasteiger partial charge < -0.3 is 24.4 Å². The van der Waals surface area contributed by atoms with Crippen molar-refractivity contribution < 1.29 is 70.5 Å². The van der Waals surface area contributed by atoms with Crippen LogP contribution in [-0.2, 0) is 14.4 Å². The minimum absolute atomic E-state index is 0. The number of hydrogen-bond donors (Lipinski definition) is 1. The van der Waals surface area contributed by atoms with Crippen molar-refractivity contribution in [3.63, 3.8) is 0 Å². The second-order valence-electron chi connectivity index (χ2n) is 5.59. The van der Waals surface area contributed by atoms with Gasteiger partial charge >= 0.3 is 51.4 Å². The first kappa shape index (κ1) is 32.2. The average Bonchev–Trinajstić information content (AvgIpc) is 2.77. The molecule has 0 fully saturated rings. The van der Waals surface area contributed by atoms with Gasteiger partial charge in [0.2, 0.25) is 0 Å². The fraction of sp³-hybridized carbons (Fsp3) is 0.304. The van der Waals surface area contributed by atoms with Crippen LogP contribution in [0.1, 0.15) is 50.2 Å². The molecule has 0 aliphatic carbocycles. The number of methoxy groups -OCH3 is 1. The minimum atomic E-state index is 0. The maximum absolute atomic E-state index is 10.1. The Morgan fingerprint density at radius 3 is 1.90 bits per heavy atom. The molecule has 0 radical (unpaired) electrons. The SMILES string of the molecule is C=O.C=O.CCCC(CC)c1ccc(N[C-]=O)cc1.[CH2-]c1ccc(OC)cc1.[K+]. The monoisotopic (exact) mass is 424 g/mol. The molecule has 0 spiro atoms. The van der Waals surface area contributed by atoms with Crippen LogP contribution < -0.4 is 61.4 Å². The molecule has 154 valence electrons. The van der Waals surface area contributed by atoms with E-state index in [9.17, 15) is 4.79 Å². The van der Waals surface area contributed by atoms with Crippen LogP contribution >= 0.6 is 0 Å². The first-order valence-corrected chi connectivity index (χ1v) is 8.91. The van der Waals surface area contributed by atoms with Gasteiger partial charge in [0.05, 0.1) is 19.3 Å². The third kappa shape index (κ3) is 15.1. The number of ether oxygens (including phenoxy) is 1. The Labute approximate surface area is 218 Å². The van der Waals surface area contributed by atoms with Crippen LogP contribution in [0.5, 0.6) is 5.75 Å². The smallest absolute Gasteiger partial charge is 0.499 e. The number of nitrogens with one attached hydrogen (secondary N) is 1. The van der Waals surface area contributed by atoms with Crippen LogP contribution in [0.15, 0.2) is 48.5 Å². The average molecular weight is 425 g/mol. The summed E-state index contributed by atoms with van der Waals surface area (Å²) in [6.07, 6.45) is 5.27. The quantitative estimate of drug-likeness (QED) is 0.419. The molecule has 1 N–H and O–H groups in total. The summed E-state index contributed by atoms with van der Waals surface area (Å²) in [6, 6.07) is 15.6. The molecule has 1 amide bonds. The van der Waals surface area contributed by atoms with Crippen molar-refractivity contribution in [3.8, 4) is 5.75 Å². The second-order valence-corrected chi connectivity index (χ2v) is 5.59. The predicted octanol–water partition coefficient (Wildman–Crippen LogP) is 1.97. The molecule has 29 heavy (non-hydrogen) atoms. The summed E-state index contributed by atoms with van der Waals surface area (Å²) < 4.78 is 4.94. The summed E-state index contributed by atoms with van der Waals surface area (Å²) in [6.45, 7) is 12.2. The van der Waals surface area contributed by atoms with Crippen LogP contribution in [0.4, 0.5) is 5.69 Å². The van der Waals surface area contributed by atoms with Crippen LogP contribution in [-0.4, -0.2) is 27.1 Å². The van der Waals surface area contributed by atoms with Gasteiger partial charge in [0.25, 0.3) is 0 Å². The molecule has 1 atom stereocenters. The summed E-state index contributed by atoms with van der Waals surface area (Å²) >= 11 is 0. The molecule has 0 aliphatic rings. The number of carbonyl (C=O) groups excluding carboxylic acids is 3. The number of benzene rings is 2. The van der Waals surface area contributed by atoms with E-state index in [2.05, 4.69) is 38.2 Å². The molecular weight excluding hydrogens is 393 g/mol. The Hall–Kier alpha value is -1.44. The Bertz CT molecular complexity index is 616. The first-order valence-electron chi connectivity index (χ1n) is 8.91. The predicted molar refractivity (Wildman–Crippen MR) is 115 cm³/mol. The number of amides is 1. The maximum Gasteiger partial charge on any atom is 1.00 e. The Balaban J connectivity index is -0.000000415. The number of rotatable bonds is 7. The summed E-state index contributed by atoms with van der Waals surface area (Å²) in [5.41, 5.74) is 3.17. The Morgan fingerprint density at radius 1 is 1.00 bits per heavy atom. The molecule has 0 saturated carbocycles. The summed E-state index contributed by atoms with van der Waals surface area (Å²) in [7, 11) is 1.65. The topological polar surface area (TPSA) is 72.5 Å². The van der Waals surface area contributed by atoms with Gasteiger partial charge in [0.1, 0.15) is 13.6 Å². The zero-order valence-electron chi connectivity index (χ0n) is 18.1. The van der Waals surface area contributed by atoms with Crippen LogP contribution in [0.2, 0.25) is 0 Å². The fourth-order valence-electron chi connectivity index (χ4n) is 2.48. The minimum Gasteiger partial charge on any atom is -0.499 e. The molecule has 1 unspecified atom stereocenters. The van der Waals surface area contributed by atoms with Gasteiger partial charge in [-0.1, -0.05) is 44.5 Å². The number of carbonyl (C=O) groups is 2. The van der Waals surface area contributed by atoms with Crippen molar-refractivity contribution in [2.24, 2.45) is 0 Å². The fourth-order valence-corrected chi connectivity index (χ4v) is 2.48. The van der Waals surface area contributed by atoms with Crippen molar-refractivity contribution in [2.75, 3.05) is 12.4 Å². The van der Waals surface area contributed by atoms with E-state index in [-0.39, 0.29) is 51.4 Å². The maximum atomic E-state index is 10.1. The molecule has 5 nitrogen and oxygen atoms in total. The first-order chi connectivity index (χ1) is 13.6. The summed E-state index contributed by atoms with van der Waals surface area (Å²) in [5.74, 6) is 1.52. The van der Waals surface area contributed by atoms with Crippen LogP contribution in [0.25, 0.3) is 0 Å². The standard InChI is InChI=1S/C13H18NO.C8H9O.2CH2O.K/c1-3-5-11(4-2)12-6-8-13(9-7-12)14-10-15;1-7-3-5-8(9-2)6-4-7;2*1-2;/h6-9,11H,3-5H2,1-2H3,(H,14,15);3-6H,1H2,2H3;2*1H2;/q2*-1;;;+1. The second kappa shape index (κ2) is 22.8. The normalized spacial score (nSPS) is 9.34. The third-order valence-corrected chi connectivity index (χ3v) is 3.87. The molecule has 2 rings (SSSR count). The van der Waals surface area contributed by atoms with Gasteiger partial charge in [-0.2, -0.15) is 24.6 Å².